The van der Waals surface area contributed by atoms with Gasteiger partial charge in [-0.3, -0.25) is 4.79 Å². The van der Waals surface area contributed by atoms with Crippen LogP contribution >= 0.6 is 0 Å². The molecule has 0 aliphatic heterocycles. The van der Waals surface area contributed by atoms with E-state index in [-0.39, 0.29) is 34.3 Å². The Hall–Kier alpha value is -5.43. The second kappa shape index (κ2) is 9.44. The summed E-state index contributed by atoms with van der Waals surface area (Å²) in [6.07, 6.45) is 4.40. The molecule has 2 N–H and O–H groups in total. The Morgan fingerprint density at radius 1 is 1.06 bits per heavy atom. The second-order valence-electron chi connectivity index (χ2n) is 7.82. The molecule has 0 aliphatic carbocycles. The van der Waals surface area contributed by atoms with Gasteiger partial charge >= 0.3 is 0 Å². The van der Waals surface area contributed by atoms with Crippen molar-refractivity contribution in [1.82, 2.24) is 19.7 Å². The summed E-state index contributed by atoms with van der Waals surface area (Å²) in [5, 5.41) is 37.3. The number of hydrogen-bond acceptors (Lipinski definition) is 8. The van der Waals surface area contributed by atoms with Crippen molar-refractivity contribution in [3.8, 4) is 17.8 Å². The lowest BCUT2D eigenvalue weighted by Gasteiger charge is -2.11. The van der Waals surface area contributed by atoms with Gasteiger partial charge in [-0.1, -0.05) is 42.0 Å². The summed E-state index contributed by atoms with van der Waals surface area (Å²) >= 11 is 0. The summed E-state index contributed by atoms with van der Waals surface area (Å²) in [4.78, 5) is 21.3. The predicted molar refractivity (Wildman–Crippen MR) is 133 cm³/mol. The highest BCUT2D eigenvalue weighted by Gasteiger charge is 2.20. The molecular weight excluding hydrogens is 456 g/mol. The number of phenols is 1. The molecule has 174 valence electrons. The molecule has 36 heavy (non-hydrogen) atoms. The average molecular weight is 474 g/mol. The molecule has 10 nitrogen and oxygen atoms in total. The molecule has 5 aromatic rings. The number of carbonyl (C=O) groups is 1. The van der Waals surface area contributed by atoms with Crippen LogP contribution in [0.3, 0.4) is 0 Å². The smallest absolute Gasteiger partial charge is 0.259 e. The van der Waals surface area contributed by atoms with Crippen LogP contribution in [0.2, 0.25) is 0 Å². The molecule has 3 aromatic carbocycles. The third kappa shape index (κ3) is 4.24. The van der Waals surface area contributed by atoms with Crippen LogP contribution in [0.1, 0.15) is 21.5 Å². The molecule has 0 saturated carbocycles. The molecular formula is C26H18N8O2. The monoisotopic (exact) mass is 474 g/mol. The van der Waals surface area contributed by atoms with Crippen LogP contribution in [0.4, 0.5) is 17.2 Å². The van der Waals surface area contributed by atoms with Crippen molar-refractivity contribution in [3.05, 3.63) is 95.9 Å². The number of aryl methyl sites for hydroxylation is 1. The van der Waals surface area contributed by atoms with Crippen molar-refractivity contribution < 1.29 is 9.90 Å². The zero-order chi connectivity index (χ0) is 25.1. The van der Waals surface area contributed by atoms with Crippen LogP contribution < -0.4 is 5.32 Å². The van der Waals surface area contributed by atoms with Gasteiger partial charge in [0, 0.05) is 23.5 Å². The Morgan fingerprint density at radius 2 is 1.81 bits per heavy atom. The van der Waals surface area contributed by atoms with Crippen molar-refractivity contribution in [2.24, 2.45) is 10.2 Å². The summed E-state index contributed by atoms with van der Waals surface area (Å²) in [6.45, 7) is 1.95. The fourth-order valence-electron chi connectivity index (χ4n) is 3.59. The minimum Gasteiger partial charge on any atom is -0.505 e. The Balaban J connectivity index is 1.60. The predicted octanol–water partition coefficient (Wildman–Crippen LogP) is 5.37. The highest BCUT2D eigenvalue weighted by molar-refractivity contribution is 6.11. The van der Waals surface area contributed by atoms with Crippen molar-refractivity contribution in [3.63, 3.8) is 0 Å². The quantitative estimate of drug-likeness (QED) is 0.328. The van der Waals surface area contributed by atoms with Crippen molar-refractivity contribution in [2.45, 2.75) is 6.92 Å². The maximum atomic E-state index is 13.1. The first-order valence-corrected chi connectivity index (χ1v) is 10.8. The topological polar surface area (TPSA) is 141 Å². The summed E-state index contributed by atoms with van der Waals surface area (Å²) in [5.41, 5.74) is 1.90. The van der Waals surface area contributed by atoms with Gasteiger partial charge in [0.1, 0.15) is 17.3 Å². The lowest BCUT2D eigenvalue weighted by molar-refractivity contribution is 0.102. The van der Waals surface area contributed by atoms with Gasteiger partial charge in [-0.05, 0) is 36.6 Å². The lowest BCUT2D eigenvalue weighted by Crippen LogP contribution is -2.12. The lowest BCUT2D eigenvalue weighted by atomic mass is 10.0. The van der Waals surface area contributed by atoms with Crippen molar-refractivity contribution >= 4 is 33.9 Å². The van der Waals surface area contributed by atoms with Crippen LogP contribution in [-0.4, -0.2) is 30.8 Å². The molecule has 0 aliphatic rings. The van der Waals surface area contributed by atoms with E-state index in [9.17, 15) is 15.2 Å². The van der Waals surface area contributed by atoms with E-state index in [2.05, 4.69) is 30.6 Å². The number of nitriles is 1. The van der Waals surface area contributed by atoms with Gasteiger partial charge in [0.05, 0.1) is 11.8 Å². The first kappa shape index (κ1) is 22.4. The Bertz CT molecular complexity index is 1650. The molecule has 0 saturated heterocycles. The third-order valence-corrected chi connectivity index (χ3v) is 5.40. The van der Waals surface area contributed by atoms with Gasteiger partial charge in [-0.15, -0.1) is 10.2 Å². The number of azo groups is 1. The zero-order valence-corrected chi connectivity index (χ0v) is 19.0. The van der Waals surface area contributed by atoms with Gasteiger partial charge in [-0.2, -0.15) is 15.0 Å². The summed E-state index contributed by atoms with van der Waals surface area (Å²) in [5.74, 6) is -0.559. The number of fused-ring (bicyclic) bond motifs is 1. The number of aromatic hydroxyl groups is 1. The van der Waals surface area contributed by atoms with Crippen LogP contribution in [0, 0.1) is 18.3 Å². The van der Waals surface area contributed by atoms with Crippen LogP contribution in [0.25, 0.3) is 16.7 Å². The van der Waals surface area contributed by atoms with E-state index in [1.54, 1.807) is 42.5 Å². The molecule has 2 heterocycles. The van der Waals surface area contributed by atoms with Crippen molar-refractivity contribution in [2.75, 3.05) is 5.32 Å². The molecule has 0 radical (unpaired) electrons. The maximum absolute atomic E-state index is 13.1. The Morgan fingerprint density at radius 3 is 2.56 bits per heavy atom. The number of benzene rings is 3. The van der Waals surface area contributed by atoms with Crippen LogP contribution in [-0.2, 0) is 0 Å². The molecule has 0 bridgehead atoms. The van der Waals surface area contributed by atoms with Crippen molar-refractivity contribution in [1.29, 1.82) is 5.26 Å². The van der Waals surface area contributed by atoms with E-state index in [0.717, 1.165) is 5.56 Å². The SMILES string of the molecule is Cc1ccc(NC(=O)c2cc3ccccc3c(N=Nc3c(C#N)cnn3-c3ncccn3)c2O)cc1. The number of aromatic nitrogens is 4. The first-order chi connectivity index (χ1) is 17.5. The summed E-state index contributed by atoms with van der Waals surface area (Å²) < 4.78 is 1.27. The summed E-state index contributed by atoms with van der Waals surface area (Å²) in [6, 6.07) is 19.7. The standard InChI is InChI=1S/C26H18N8O2/c1-16-7-9-19(10-8-16)31-25(36)21-13-17-5-2-3-6-20(17)22(23(21)35)32-33-24-18(14-27)15-30-34(24)26-28-11-4-12-29-26/h2-13,15,35H,1H3,(H,31,36). The van der Waals surface area contributed by atoms with Gasteiger partial charge in [0.25, 0.3) is 11.9 Å². The van der Waals surface area contributed by atoms with Gasteiger partial charge in [-0.25, -0.2) is 9.97 Å². The van der Waals surface area contributed by atoms with Gasteiger partial charge in [0.2, 0.25) is 0 Å². The minimum absolute atomic E-state index is 0.0311. The molecule has 0 spiro atoms. The minimum atomic E-state index is -0.501. The molecule has 0 fully saturated rings. The number of nitrogens with one attached hydrogen (secondary N) is 1. The van der Waals surface area contributed by atoms with Crippen LogP contribution in [0.5, 0.6) is 5.75 Å². The van der Waals surface area contributed by atoms with Gasteiger partial charge < -0.3 is 10.4 Å². The normalized spacial score (nSPS) is 11.0. The second-order valence-corrected chi connectivity index (χ2v) is 7.82. The number of nitrogens with zero attached hydrogens (tertiary/aromatic N) is 7. The van der Waals surface area contributed by atoms with E-state index >= 15 is 0 Å². The van der Waals surface area contributed by atoms with Crippen LogP contribution in [0.15, 0.2) is 89.5 Å². The molecule has 1 amide bonds. The molecule has 5 rings (SSSR count). The van der Waals surface area contributed by atoms with E-state index < -0.39 is 5.91 Å². The average Bonchev–Trinajstić information content (AvgIpc) is 3.32. The number of rotatable bonds is 5. The van der Waals surface area contributed by atoms with E-state index in [1.807, 2.05) is 31.2 Å². The molecule has 10 heteroatoms. The molecule has 0 atom stereocenters. The molecule has 0 unspecified atom stereocenters. The van der Waals surface area contributed by atoms with E-state index in [0.29, 0.717) is 16.5 Å². The fourth-order valence-corrected chi connectivity index (χ4v) is 3.59. The fraction of sp³-hybridized carbons (Fsp3) is 0.0385. The van der Waals surface area contributed by atoms with Gasteiger partial charge in [0.15, 0.2) is 11.6 Å². The highest BCUT2D eigenvalue weighted by atomic mass is 16.3. The zero-order valence-electron chi connectivity index (χ0n) is 19.0. The summed E-state index contributed by atoms with van der Waals surface area (Å²) in [7, 11) is 0. The third-order valence-electron chi connectivity index (χ3n) is 5.40. The first-order valence-electron chi connectivity index (χ1n) is 10.8. The maximum Gasteiger partial charge on any atom is 0.259 e. The number of amides is 1. The van der Waals surface area contributed by atoms with E-state index in [1.165, 1.54) is 23.3 Å². The largest absolute Gasteiger partial charge is 0.505 e. The molecule has 2 aromatic heterocycles. The number of hydrogen-bond donors (Lipinski definition) is 2. The highest BCUT2D eigenvalue weighted by Crippen LogP contribution is 2.40. The Labute approximate surface area is 205 Å². The number of phenolic OH excluding ortho intramolecular Hbond substituents is 1. The Kier molecular flexibility index (Phi) is 5.86. The van der Waals surface area contributed by atoms with E-state index in [4.69, 9.17) is 0 Å². The number of anilines is 1. The number of carbonyl (C=O) groups excluding carboxylic acids is 1.